The van der Waals surface area contributed by atoms with Crippen LogP contribution >= 0.6 is 11.6 Å². The van der Waals surface area contributed by atoms with Crippen molar-refractivity contribution in [3.05, 3.63) is 33.1 Å². The Bertz CT molecular complexity index is 505. The summed E-state index contributed by atoms with van der Waals surface area (Å²) in [4.78, 5) is 12.7. The SMILES string of the molecule is CN1CCC(CNc2cc(F)c(Cl)cc2[N+](=O)[O-])CC1. The number of hydrogen-bond acceptors (Lipinski definition) is 4. The van der Waals surface area contributed by atoms with Gasteiger partial charge in [-0.15, -0.1) is 0 Å². The van der Waals surface area contributed by atoms with E-state index in [-0.39, 0.29) is 16.4 Å². The molecule has 1 saturated heterocycles. The summed E-state index contributed by atoms with van der Waals surface area (Å²) in [5.41, 5.74) is 0.000144. The summed E-state index contributed by atoms with van der Waals surface area (Å²) >= 11 is 5.58. The molecule has 1 aliphatic rings. The zero-order valence-electron chi connectivity index (χ0n) is 11.2. The molecule has 0 unspecified atom stereocenters. The van der Waals surface area contributed by atoms with Gasteiger partial charge in [-0.1, -0.05) is 11.6 Å². The first kappa shape index (κ1) is 15.0. The molecule has 1 aromatic rings. The van der Waals surface area contributed by atoms with Crippen molar-refractivity contribution in [2.75, 3.05) is 32.0 Å². The predicted molar refractivity (Wildman–Crippen MR) is 76.8 cm³/mol. The second-order valence-corrected chi connectivity index (χ2v) is 5.58. The van der Waals surface area contributed by atoms with Crippen molar-refractivity contribution in [2.45, 2.75) is 12.8 Å². The molecule has 0 spiro atoms. The van der Waals surface area contributed by atoms with Crippen molar-refractivity contribution in [3.63, 3.8) is 0 Å². The third-order valence-electron chi connectivity index (χ3n) is 3.65. The summed E-state index contributed by atoms with van der Waals surface area (Å²) in [6.45, 7) is 2.64. The summed E-state index contributed by atoms with van der Waals surface area (Å²) in [5, 5.41) is 13.7. The van der Waals surface area contributed by atoms with Gasteiger partial charge in [0, 0.05) is 18.7 Å². The number of likely N-dealkylation sites (tertiary alicyclic amines) is 1. The maximum absolute atomic E-state index is 13.4. The lowest BCUT2D eigenvalue weighted by Crippen LogP contribution is -2.33. The van der Waals surface area contributed by atoms with E-state index >= 15 is 0 Å². The highest BCUT2D eigenvalue weighted by atomic mass is 35.5. The van der Waals surface area contributed by atoms with Crippen LogP contribution in [0.25, 0.3) is 0 Å². The molecule has 110 valence electrons. The van der Waals surface area contributed by atoms with E-state index in [1.807, 2.05) is 0 Å². The minimum Gasteiger partial charge on any atom is -0.379 e. The normalized spacial score (nSPS) is 17.1. The largest absolute Gasteiger partial charge is 0.379 e. The van der Waals surface area contributed by atoms with Gasteiger partial charge >= 0.3 is 0 Å². The van der Waals surface area contributed by atoms with Gasteiger partial charge in [-0.25, -0.2) is 4.39 Å². The highest BCUT2D eigenvalue weighted by Gasteiger charge is 2.20. The van der Waals surface area contributed by atoms with Crippen molar-refractivity contribution in [1.82, 2.24) is 4.90 Å². The Kier molecular flexibility index (Phi) is 4.77. The number of piperidine rings is 1. The van der Waals surface area contributed by atoms with E-state index in [0.717, 1.165) is 38.1 Å². The maximum Gasteiger partial charge on any atom is 0.294 e. The van der Waals surface area contributed by atoms with Gasteiger partial charge in [0.2, 0.25) is 0 Å². The van der Waals surface area contributed by atoms with E-state index in [0.29, 0.717) is 12.5 Å². The topological polar surface area (TPSA) is 58.4 Å². The molecule has 0 aromatic heterocycles. The monoisotopic (exact) mass is 301 g/mol. The molecule has 1 N–H and O–H groups in total. The number of nitrogens with zero attached hydrogens (tertiary/aromatic N) is 2. The van der Waals surface area contributed by atoms with E-state index in [2.05, 4.69) is 17.3 Å². The quantitative estimate of drug-likeness (QED) is 0.685. The number of benzene rings is 1. The fraction of sp³-hybridized carbons (Fsp3) is 0.538. The zero-order valence-corrected chi connectivity index (χ0v) is 12.0. The Hall–Kier alpha value is -1.40. The first-order valence-electron chi connectivity index (χ1n) is 6.53. The standard InChI is InChI=1S/C13H17ClFN3O2/c1-17-4-2-9(3-5-17)8-16-12-7-11(15)10(14)6-13(12)18(19)20/h6-7,9,16H,2-5,8H2,1H3. The summed E-state index contributed by atoms with van der Waals surface area (Å²) in [5.74, 6) is -0.201. The van der Waals surface area contributed by atoms with Gasteiger partial charge in [-0.3, -0.25) is 10.1 Å². The van der Waals surface area contributed by atoms with Crippen LogP contribution in [0.2, 0.25) is 5.02 Å². The average Bonchev–Trinajstić information content (AvgIpc) is 2.41. The number of halogens is 2. The molecular weight excluding hydrogens is 285 g/mol. The molecule has 20 heavy (non-hydrogen) atoms. The second-order valence-electron chi connectivity index (χ2n) is 5.17. The maximum atomic E-state index is 13.4. The second kappa shape index (κ2) is 6.37. The third kappa shape index (κ3) is 3.58. The number of rotatable bonds is 4. The van der Waals surface area contributed by atoms with Gasteiger partial charge in [0.1, 0.15) is 11.5 Å². The number of nitrogens with one attached hydrogen (secondary N) is 1. The lowest BCUT2D eigenvalue weighted by atomic mass is 9.97. The van der Waals surface area contributed by atoms with Gasteiger partial charge in [0.05, 0.1) is 9.95 Å². The average molecular weight is 302 g/mol. The lowest BCUT2D eigenvalue weighted by Gasteiger charge is -2.29. The van der Waals surface area contributed by atoms with Gasteiger partial charge < -0.3 is 10.2 Å². The molecule has 0 saturated carbocycles. The Labute approximate surface area is 121 Å². The molecule has 1 fully saturated rings. The van der Waals surface area contributed by atoms with Crippen LogP contribution < -0.4 is 5.32 Å². The van der Waals surface area contributed by atoms with E-state index in [9.17, 15) is 14.5 Å². The summed E-state index contributed by atoms with van der Waals surface area (Å²) in [7, 11) is 2.07. The first-order chi connectivity index (χ1) is 9.47. The third-order valence-corrected chi connectivity index (χ3v) is 3.94. The van der Waals surface area contributed by atoms with Crippen molar-refractivity contribution in [2.24, 2.45) is 5.92 Å². The van der Waals surface area contributed by atoms with Crippen molar-refractivity contribution in [1.29, 1.82) is 0 Å². The summed E-state index contributed by atoms with van der Waals surface area (Å²) in [6, 6.07) is 2.14. The molecule has 5 nitrogen and oxygen atoms in total. The van der Waals surface area contributed by atoms with E-state index in [1.165, 1.54) is 0 Å². The van der Waals surface area contributed by atoms with Crippen molar-refractivity contribution in [3.8, 4) is 0 Å². The zero-order chi connectivity index (χ0) is 14.7. The molecule has 0 radical (unpaired) electrons. The molecule has 2 rings (SSSR count). The summed E-state index contributed by atoms with van der Waals surface area (Å²) < 4.78 is 13.4. The van der Waals surface area contributed by atoms with Gasteiger partial charge in [-0.2, -0.15) is 0 Å². The number of hydrogen-bond donors (Lipinski definition) is 1. The number of nitro benzene ring substituents is 1. The Morgan fingerprint density at radius 1 is 1.50 bits per heavy atom. The Morgan fingerprint density at radius 2 is 2.15 bits per heavy atom. The molecule has 1 aliphatic heterocycles. The van der Waals surface area contributed by atoms with Crippen LogP contribution in [-0.4, -0.2) is 36.5 Å². The van der Waals surface area contributed by atoms with Crippen LogP contribution in [0.15, 0.2) is 12.1 Å². The Balaban J connectivity index is 2.05. The minimum absolute atomic E-state index is 0.190. The van der Waals surface area contributed by atoms with E-state index in [1.54, 1.807) is 0 Å². The first-order valence-corrected chi connectivity index (χ1v) is 6.91. The molecule has 0 amide bonds. The van der Waals surface area contributed by atoms with Gasteiger partial charge in [0.25, 0.3) is 5.69 Å². The highest BCUT2D eigenvalue weighted by molar-refractivity contribution is 6.31. The number of anilines is 1. The molecule has 1 aromatic carbocycles. The fourth-order valence-electron chi connectivity index (χ4n) is 2.35. The summed E-state index contributed by atoms with van der Waals surface area (Å²) in [6.07, 6.45) is 2.07. The molecule has 7 heteroatoms. The van der Waals surface area contributed by atoms with Gasteiger partial charge in [-0.05, 0) is 38.9 Å². The lowest BCUT2D eigenvalue weighted by molar-refractivity contribution is -0.384. The van der Waals surface area contributed by atoms with Crippen LogP contribution in [-0.2, 0) is 0 Å². The smallest absolute Gasteiger partial charge is 0.294 e. The van der Waals surface area contributed by atoms with Crippen LogP contribution in [0.5, 0.6) is 0 Å². The van der Waals surface area contributed by atoms with Gasteiger partial charge in [0.15, 0.2) is 0 Å². The van der Waals surface area contributed by atoms with E-state index in [4.69, 9.17) is 11.6 Å². The van der Waals surface area contributed by atoms with Crippen LogP contribution in [0, 0.1) is 21.8 Å². The van der Waals surface area contributed by atoms with Crippen LogP contribution in [0.4, 0.5) is 15.8 Å². The van der Waals surface area contributed by atoms with Crippen molar-refractivity contribution < 1.29 is 9.31 Å². The Morgan fingerprint density at radius 3 is 2.75 bits per heavy atom. The highest BCUT2D eigenvalue weighted by Crippen LogP contribution is 2.31. The number of nitro groups is 1. The predicted octanol–water partition coefficient (Wildman–Crippen LogP) is 3.14. The fourth-order valence-corrected chi connectivity index (χ4v) is 2.51. The minimum atomic E-state index is -0.650. The van der Waals surface area contributed by atoms with Crippen LogP contribution in [0.3, 0.4) is 0 Å². The van der Waals surface area contributed by atoms with E-state index < -0.39 is 10.7 Å². The van der Waals surface area contributed by atoms with Crippen LogP contribution in [0.1, 0.15) is 12.8 Å². The molecule has 0 aliphatic carbocycles. The molecular formula is C13H17ClFN3O2. The molecule has 1 heterocycles. The molecule has 0 bridgehead atoms. The van der Waals surface area contributed by atoms with Crippen molar-refractivity contribution >= 4 is 23.0 Å². The molecule has 0 atom stereocenters.